The summed E-state index contributed by atoms with van der Waals surface area (Å²) in [7, 11) is 0. The van der Waals surface area contributed by atoms with E-state index in [0.717, 1.165) is 17.5 Å². The molecule has 0 spiro atoms. The van der Waals surface area contributed by atoms with Crippen LogP contribution in [0.5, 0.6) is 0 Å². The van der Waals surface area contributed by atoms with Crippen molar-refractivity contribution < 1.29 is 14.3 Å². The second-order valence-electron chi connectivity index (χ2n) is 5.41. The SMILES string of the molecule is CCc1ccc(C(=O)OC(C)C(=O)NCc2ccccc2Cl)cc1. The van der Waals surface area contributed by atoms with Crippen molar-refractivity contribution in [3.8, 4) is 0 Å². The summed E-state index contributed by atoms with van der Waals surface area (Å²) in [6.45, 7) is 3.87. The van der Waals surface area contributed by atoms with Crippen LogP contribution in [0.2, 0.25) is 5.02 Å². The third kappa shape index (κ3) is 4.83. The van der Waals surface area contributed by atoms with Gasteiger partial charge in [0.25, 0.3) is 5.91 Å². The average Bonchev–Trinajstić information content (AvgIpc) is 2.60. The first kappa shape index (κ1) is 18.0. The normalized spacial score (nSPS) is 11.6. The van der Waals surface area contributed by atoms with Gasteiger partial charge < -0.3 is 10.1 Å². The van der Waals surface area contributed by atoms with Gasteiger partial charge in [0.2, 0.25) is 0 Å². The summed E-state index contributed by atoms with van der Waals surface area (Å²) >= 11 is 6.04. The fourth-order valence-electron chi connectivity index (χ4n) is 2.13. The second-order valence-corrected chi connectivity index (χ2v) is 5.81. The maximum absolute atomic E-state index is 12.1. The molecule has 1 atom stereocenters. The first-order valence-corrected chi connectivity index (χ1v) is 8.20. The van der Waals surface area contributed by atoms with E-state index in [-0.39, 0.29) is 12.5 Å². The number of carbonyl (C=O) groups is 2. The molecule has 2 aromatic carbocycles. The summed E-state index contributed by atoms with van der Waals surface area (Å²) in [4.78, 5) is 24.1. The molecule has 0 aliphatic rings. The van der Waals surface area contributed by atoms with Gasteiger partial charge in [-0.1, -0.05) is 48.9 Å². The van der Waals surface area contributed by atoms with E-state index in [1.165, 1.54) is 0 Å². The molecule has 0 saturated carbocycles. The number of carbonyl (C=O) groups excluding carboxylic acids is 2. The van der Waals surface area contributed by atoms with Crippen LogP contribution in [-0.2, 0) is 22.5 Å². The number of rotatable bonds is 6. The van der Waals surface area contributed by atoms with E-state index in [9.17, 15) is 9.59 Å². The van der Waals surface area contributed by atoms with Crippen molar-refractivity contribution in [3.63, 3.8) is 0 Å². The van der Waals surface area contributed by atoms with Gasteiger partial charge in [-0.05, 0) is 42.7 Å². The van der Waals surface area contributed by atoms with Crippen molar-refractivity contribution in [1.29, 1.82) is 0 Å². The summed E-state index contributed by atoms with van der Waals surface area (Å²) in [5, 5.41) is 3.30. The monoisotopic (exact) mass is 345 g/mol. The summed E-state index contributed by atoms with van der Waals surface area (Å²) in [6.07, 6.45) is 0.0155. The molecule has 1 unspecified atom stereocenters. The molecule has 2 aromatic rings. The van der Waals surface area contributed by atoms with E-state index < -0.39 is 12.1 Å². The molecule has 0 radical (unpaired) electrons. The van der Waals surface area contributed by atoms with Crippen LogP contribution in [0.1, 0.15) is 35.3 Å². The molecule has 0 bridgehead atoms. The van der Waals surface area contributed by atoms with Gasteiger partial charge >= 0.3 is 5.97 Å². The second kappa shape index (κ2) is 8.50. The lowest BCUT2D eigenvalue weighted by Gasteiger charge is -2.14. The van der Waals surface area contributed by atoms with Crippen LogP contribution in [0, 0.1) is 0 Å². The van der Waals surface area contributed by atoms with E-state index in [1.54, 1.807) is 25.1 Å². The molecule has 5 heteroatoms. The Morgan fingerprint density at radius 1 is 1.12 bits per heavy atom. The highest BCUT2D eigenvalue weighted by Gasteiger charge is 2.18. The number of aryl methyl sites for hydroxylation is 1. The Morgan fingerprint density at radius 2 is 1.79 bits per heavy atom. The fraction of sp³-hybridized carbons (Fsp3) is 0.263. The lowest BCUT2D eigenvalue weighted by molar-refractivity contribution is -0.129. The highest BCUT2D eigenvalue weighted by atomic mass is 35.5. The van der Waals surface area contributed by atoms with E-state index in [1.807, 2.05) is 37.3 Å². The lowest BCUT2D eigenvalue weighted by atomic mass is 10.1. The van der Waals surface area contributed by atoms with Gasteiger partial charge in [0.05, 0.1) is 5.56 Å². The molecule has 0 aromatic heterocycles. The van der Waals surface area contributed by atoms with Crippen molar-refractivity contribution in [2.45, 2.75) is 32.9 Å². The Balaban J connectivity index is 1.88. The van der Waals surface area contributed by atoms with Gasteiger partial charge in [-0.15, -0.1) is 0 Å². The van der Waals surface area contributed by atoms with Gasteiger partial charge in [0.1, 0.15) is 0 Å². The van der Waals surface area contributed by atoms with E-state index in [4.69, 9.17) is 16.3 Å². The number of amides is 1. The molecule has 24 heavy (non-hydrogen) atoms. The van der Waals surface area contributed by atoms with Crippen molar-refractivity contribution in [2.75, 3.05) is 0 Å². The lowest BCUT2D eigenvalue weighted by Crippen LogP contribution is -2.35. The predicted molar refractivity (Wildman–Crippen MR) is 94.0 cm³/mol. The zero-order valence-corrected chi connectivity index (χ0v) is 14.5. The van der Waals surface area contributed by atoms with Crippen LogP contribution in [0.25, 0.3) is 0 Å². The molecule has 4 nitrogen and oxygen atoms in total. The van der Waals surface area contributed by atoms with Crippen LogP contribution in [0.3, 0.4) is 0 Å². The highest BCUT2D eigenvalue weighted by molar-refractivity contribution is 6.31. The Bertz CT molecular complexity index is 713. The van der Waals surface area contributed by atoms with Crippen molar-refractivity contribution in [3.05, 3.63) is 70.2 Å². The van der Waals surface area contributed by atoms with Crippen LogP contribution >= 0.6 is 11.6 Å². The minimum atomic E-state index is -0.883. The largest absolute Gasteiger partial charge is 0.449 e. The minimum Gasteiger partial charge on any atom is -0.449 e. The number of halogens is 1. The van der Waals surface area contributed by atoms with Crippen molar-refractivity contribution in [2.24, 2.45) is 0 Å². The molecule has 1 N–H and O–H groups in total. The molecule has 126 valence electrons. The number of hydrogen-bond acceptors (Lipinski definition) is 3. The van der Waals surface area contributed by atoms with E-state index in [2.05, 4.69) is 5.32 Å². The third-order valence-corrected chi connectivity index (χ3v) is 4.03. The molecule has 0 aliphatic heterocycles. The molecule has 2 rings (SSSR count). The van der Waals surface area contributed by atoms with Crippen LogP contribution in [0.4, 0.5) is 0 Å². The first-order chi connectivity index (χ1) is 11.5. The Morgan fingerprint density at radius 3 is 2.42 bits per heavy atom. The highest BCUT2D eigenvalue weighted by Crippen LogP contribution is 2.14. The fourth-order valence-corrected chi connectivity index (χ4v) is 2.33. The number of hydrogen-bond donors (Lipinski definition) is 1. The van der Waals surface area contributed by atoms with Gasteiger partial charge in [-0.2, -0.15) is 0 Å². The van der Waals surface area contributed by atoms with Gasteiger partial charge in [0.15, 0.2) is 6.10 Å². The van der Waals surface area contributed by atoms with E-state index in [0.29, 0.717) is 10.6 Å². The molecule has 0 fully saturated rings. The average molecular weight is 346 g/mol. The maximum atomic E-state index is 12.1. The standard InChI is InChI=1S/C19H20ClNO3/c1-3-14-8-10-15(11-9-14)19(23)24-13(2)18(22)21-12-16-6-4-5-7-17(16)20/h4-11,13H,3,12H2,1-2H3,(H,21,22). The maximum Gasteiger partial charge on any atom is 0.338 e. The number of esters is 1. The Kier molecular flexibility index (Phi) is 6.38. The Hall–Kier alpha value is -2.33. The third-order valence-electron chi connectivity index (χ3n) is 3.66. The quantitative estimate of drug-likeness (QED) is 0.811. The van der Waals surface area contributed by atoms with Gasteiger partial charge in [-0.25, -0.2) is 4.79 Å². The van der Waals surface area contributed by atoms with Crippen LogP contribution in [-0.4, -0.2) is 18.0 Å². The molecular formula is C19H20ClNO3. The molecule has 0 heterocycles. The van der Waals surface area contributed by atoms with Crippen molar-refractivity contribution >= 4 is 23.5 Å². The van der Waals surface area contributed by atoms with Crippen molar-refractivity contribution in [1.82, 2.24) is 5.32 Å². The molecule has 0 aliphatic carbocycles. The first-order valence-electron chi connectivity index (χ1n) is 7.82. The number of benzene rings is 2. The van der Waals surface area contributed by atoms with Gasteiger partial charge in [0, 0.05) is 11.6 Å². The van der Waals surface area contributed by atoms with Crippen LogP contribution in [0.15, 0.2) is 48.5 Å². The zero-order valence-electron chi connectivity index (χ0n) is 13.7. The number of nitrogens with one attached hydrogen (secondary N) is 1. The van der Waals surface area contributed by atoms with Gasteiger partial charge in [-0.3, -0.25) is 4.79 Å². The molecule has 0 saturated heterocycles. The summed E-state index contributed by atoms with van der Waals surface area (Å²) in [5.74, 6) is -0.883. The molecule has 1 amide bonds. The molecular weight excluding hydrogens is 326 g/mol. The Labute approximate surface area is 146 Å². The minimum absolute atomic E-state index is 0.283. The number of ether oxygens (including phenoxy) is 1. The summed E-state index contributed by atoms with van der Waals surface area (Å²) in [6, 6.07) is 14.4. The smallest absolute Gasteiger partial charge is 0.338 e. The van der Waals surface area contributed by atoms with E-state index >= 15 is 0 Å². The summed E-state index contributed by atoms with van der Waals surface area (Å²) < 4.78 is 5.21. The predicted octanol–water partition coefficient (Wildman–Crippen LogP) is 3.76. The zero-order chi connectivity index (χ0) is 17.5. The summed E-state index contributed by atoms with van der Waals surface area (Å²) in [5.41, 5.74) is 2.37. The van der Waals surface area contributed by atoms with Crippen LogP contribution < -0.4 is 5.32 Å². The topological polar surface area (TPSA) is 55.4 Å².